The van der Waals surface area contributed by atoms with Gasteiger partial charge in [0.1, 0.15) is 5.75 Å². The van der Waals surface area contributed by atoms with Gasteiger partial charge in [0.25, 0.3) is 0 Å². The molecule has 6 nitrogen and oxygen atoms in total. The molecular formula is C15H20N2O4. The standard InChI is InChI=1S/C15H20N2O4/c1-2-21-14(19)11-7-9-17(10-8-11)15(20)16-12-5-3-4-6-13(12)18/h3-6,11,18H,2,7-10H2,1H3,(H,16,20). The van der Waals surface area contributed by atoms with Crippen molar-refractivity contribution in [3.8, 4) is 5.75 Å². The number of hydrogen-bond acceptors (Lipinski definition) is 4. The van der Waals surface area contributed by atoms with Crippen LogP contribution < -0.4 is 5.32 Å². The number of piperidine rings is 1. The van der Waals surface area contributed by atoms with Gasteiger partial charge in [0, 0.05) is 13.1 Å². The van der Waals surface area contributed by atoms with Gasteiger partial charge in [-0.1, -0.05) is 12.1 Å². The fraction of sp³-hybridized carbons (Fsp3) is 0.467. The number of ether oxygens (including phenoxy) is 1. The van der Waals surface area contributed by atoms with E-state index in [1.54, 1.807) is 30.0 Å². The van der Waals surface area contributed by atoms with Crippen molar-refractivity contribution >= 4 is 17.7 Å². The normalized spacial score (nSPS) is 15.6. The predicted molar refractivity (Wildman–Crippen MR) is 78.1 cm³/mol. The van der Waals surface area contributed by atoms with Crippen molar-refractivity contribution in [2.24, 2.45) is 5.92 Å². The van der Waals surface area contributed by atoms with E-state index >= 15 is 0 Å². The van der Waals surface area contributed by atoms with Gasteiger partial charge in [-0.05, 0) is 31.9 Å². The number of likely N-dealkylation sites (tertiary alicyclic amines) is 1. The van der Waals surface area contributed by atoms with Crippen LogP contribution in [0, 0.1) is 5.92 Å². The second kappa shape index (κ2) is 6.97. The minimum absolute atomic E-state index is 0.0345. The van der Waals surface area contributed by atoms with Crippen LogP contribution in [-0.4, -0.2) is 41.7 Å². The number of phenolic OH excluding ortho intramolecular Hbond substituents is 1. The van der Waals surface area contributed by atoms with E-state index in [1.807, 2.05) is 0 Å². The van der Waals surface area contributed by atoms with E-state index in [0.29, 0.717) is 38.2 Å². The first-order chi connectivity index (χ1) is 10.1. The minimum atomic E-state index is -0.265. The Morgan fingerprint density at radius 3 is 2.62 bits per heavy atom. The number of urea groups is 1. The third kappa shape index (κ3) is 3.87. The zero-order chi connectivity index (χ0) is 15.2. The third-order valence-corrected chi connectivity index (χ3v) is 3.55. The second-order valence-corrected chi connectivity index (χ2v) is 4.96. The summed E-state index contributed by atoms with van der Waals surface area (Å²) in [5.74, 6) is -0.273. The molecule has 1 aliphatic heterocycles. The molecule has 0 bridgehead atoms. The van der Waals surface area contributed by atoms with E-state index in [-0.39, 0.29) is 23.7 Å². The van der Waals surface area contributed by atoms with E-state index in [2.05, 4.69) is 5.32 Å². The van der Waals surface area contributed by atoms with Crippen molar-refractivity contribution in [2.45, 2.75) is 19.8 Å². The highest BCUT2D eigenvalue weighted by Crippen LogP contribution is 2.23. The van der Waals surface area contributed by atoms with Crippen molar-refractivity contribution in [3.63, 3.8) is 0 Å². The predicted octanol–water partition coefficient (Wildman–Crippen LogP) is 2.20. The zero-order valence-corrected chi connectivity index (χ0v) is 12.0. The summed E-state index contributed by atoms with van der Waals surface area (Å²) in [6.07, 6.45) is 1.21. The largest absolute Gasteiger partial charge is 0.506 e. The quantitative estimate of drug-likeness (QED) is 0.661. The molecule has 0 spiro atoms. The van der Waals surface area contributed by atoms with Gasteiger partial charge in [0.15, 0.2) is 0 Å². The number of rotatable bonds is 3. The molecule has 1 heterocycles. The van der Waals surface area contributed by atoms with Gasteiger partial charge in [0.2, 0.25) is 0 Å². The van der Waals surface area contributed by atoms with Crippen LogP contribution in [-0.2, 0) is 9.53 Å². The fourth-order valence-corrected chi connectivity index (χ4v) is 2.35. The Morgan fingerprint density at radius 1 is 1.33 bits per heavy atom. The number of amides is 2. The highest BCUT2D eigenvalue weighted by molar-refractivity contribution is 5.91. The van der Waals surface area contributed by atoms with Crippen molar-refractivity contribution in [3.05, 3.63) is 24.3 Å². The molecule has 0 aliphatic carbocycles. The van der Waals surface area contributed by atoms with E-state index in [1.165, 1.54) is 6.07 Å². The molecular weight excluding hydrogens is 272 g/mol. The Hall–Kier alpha value is -2.24. The summed E-state index contributed by atoms with van der Waals surface area (Å²) in [6, 6.07) is 6.32. The van der Waals surface area contributed by atoms with Crippen LogP contribution in [0.15, 0.2) is 24.3 Å². The molecule has 1 saturated heterocycles. The van der Waals surface area contributed by atoms with Gasteiger partial charge in [-0.2, -0.15) is 0 Å². The minimum Gasteiger partial charge on any atom is -0.506 e. The first-order valence-corrected chi connectivity index (χ1v) is 7.12. The van der Waals surface area contributed by atoms with Crippen LogP contribution in [0.1, 0.15) is 19.8 Å². The molecule has 0 atom stereocenters. The maximum absolute atomic E-state index is 12.1. The van der Waals surface area contributed by atoms with E-state index in [9.17, 15) is 14.7 Å². The van der Waals surface area contributed by atoms with Gasteiger partial charge in [-0.15, -0.1) is 0 Å². The summed E-state index contributed by atoms with van der Waals surface area (Å²) < 4.78 is 5.00. The lowest BCUT2D eigenvalue weighted by atomic mass is 9.97. The fourth-order valence-electron chi connectivity index (χ4n) is 2.35. The first-order valence-electron chi connectivity index (χ1n) is 7.12. The lowest BCUT2D eigenvalue weighted by molar-refractivity contribution is -0.149. The summed E-state index contributed by atoms with van der Waals surface area (Å²) in [6.45, 7) is 3.17. The molecule has 1 aromatic rings. The van der Waals surface area contributed by atoms with Crippen molar-refractivity contribution in [1.82, 2.24) is 4.90 Å². The topological polar surface area (TPSA) is 78.9 Å². The van der Waals surface area contributed by atoms with E-state index in [4.69, 9.17) is 4.74 Å². The smallest absolute Gasteiger partial charge is 0.321 e. The van der Waals surface area contributed by atoms with Crippen LogP contribution in [0.25, 0.3) is 0 Å². The van der Waals surface area contributed by atoms with Gasteiger partial charge in [-0.3, -0.25) is 4.79 Å². The third-order valence-electron chi connectivity index (χ3n) is 3.55. The number of aromatic hydroxyl groups is 1. The van der Waals surface area contributed by atoms with Crippen LogP contribution in [0.4, 0.5) is 10.5 Å². The lowest BCUT2D eigenvalue weighted by Crippen LogP contribution is -2.42. The first kappa shape index (κ1) is 15.2. The SMILES string of the molecule is CCOC(=O)C1CCN(C(=O)Nc2ccccc2O)CC1. The van der Waals surface area contributed by atoms with Crippen LogP contribution >= 0.6 is 0 Å². The molecule has 1 fully saturated rings. The van der Waals surface area contributed by atoms with Gasteiger partial charge in [0.05, 0.1) is 18.2 Å². The lowest BCUT2D eigenvalue weighted by Gasteiger charge is -2.30. The Morgan fingerprint density at radius 2 is 2.00 bits per heavy atom. The number of carbonyl (C=O) groups excluding carboxylic acids is 2. The maximum atomic E-state index is 12.1. The molecule has 0 saturated carbocycles. The number of nitrogens with one attached hydrogen (secondary N) is 1. The number of anilines is 1. The monoisotopic (exact) mass is 292 g/mol. The molecule has 0 unspecified atom stereocenters. The highest BCUT2D eigenvalue weighted by atomic mass is 16.5. The number of benzene rings is 1. The molecule has 21 heavy (non-hydrogen) atoms. The van der Waals surface area contributed by atoms with Gasteiger partial charge < -0.3 is 20.1 Å². The average Bonchev–Trinajstić information content (AvgIpc) is 2.50. The number of para-hydroxylation sites is 2. The summed E-state index contributed by atoms with van der Waals surface area (Å²) >= 11 is 0. The van der Waals surface area contributed by atoms with Crippen LogP contribution in [0.2, 0.25) is 0 Å². The second-order valence-electron chi connectivity index (χ2n) is 4.96. The Kier molecular flexibility index (Phi) is 5.03. The number of esters is 1. The number of hydrogen-bond donors (Lipinski definition) is 2. The van der Waals surface area contributed by atoms with Gasteiger partial charge >= 0.3 is 12.0 Å². The molecule has 1 aromatic carbocycles. The van der Waals surface area contributed by atoms with Crippen LogP contribution in [0.5, 0.6) is 5.75 Å². The number of phenols is 1. The molecule has 0 aromatic heterocycles. The van der Waals surface area contributed by atoms with Crippen molar-refractivity contribution < 1.29 is 19.4 Å². The number of nitrogens with zero attached hydrogens (tertiary/aromatic N) is 1. The Labute approximate surface area is 123 Å². The summed E-state index contributed by atoms with van der Waals surface area (Å²) in [4.78, 5) is 25.4. The molecule has 2 amide bonds. The molecule has 0 radical (unpaired) electrons. The molecule has 2 N–H and O–H groups in total. The van der Waals surface area contributed by atoms with Gasteiger partial charge in [-0.25, -0.2) is 4.79 Å². The molecule has 1 aliphatic rings. The van der Waals surface area contributed by atoms with Crippen molar-refractivity contribution in [2.75, 3.05) is 25.0 Å². The van der Waals surface area contributed by atoms with Crippen molar-refractivity contribution in [1.29, 1.82) is 0 Å². The van der Waals surface area contributed by atoms with E-state index < -0.39 is 0 Å². The summed E-state index contributed by atoms with van der Waals surface area (Å²) in [7, 11) is 0. The maximum Gasteiger partial charge on any atom is 0.321 e. The molecule has 6 heteroatoms. The molecule has 2 rings (SSSR count). The summed E-state index contributed by atoms with van der Waals surface area (Å²) in [5, 5.41) is 12.3. The van der Waals surface area contributed by atoms with Crippen LogP contribution in [0.3, 0.4) is 0 Å². The Balaban J connectivity index is 1.86. The average molecular weight is 292 g/mol. The highest BCUT2D eigenvalue weighted by Gasteiger charge is 2.28. The molecule has 114 valence electrons. The zero-order valence-electron chi connectivity index (χ0n) is 12.0. The number of carbonyl (C=O) groups is 2. The summed E-state index contributed by atoms with van der Waals surface area (Å²) in [5.41, 5.74) is 0.384. The van der Waals surface area contributed by atoms with E-state index in [0.717, 1.165) is 0 Å². The Bertz CT molecular complexity index is 510.